The zero-order chi connectivity index (χ0) is 24.8. The molecule has 0 aliphatic carbocycles. The summed E-state index contributed by atoms with van der Waals surface area (Å²) in [4.78, 5) is 26.1. The van der Waals surface area contributed by atoms with Crippen molar-refractivity contribution in [2.24, 2.45) is 0 Å². The number of pyridine rings is 1. The van der Waals surface area contributed by atoms with E-state index in [1.54, 1.807) is 12.1 Å². The molecular formula is C23H20ClN7O4. The van der Waals surface area contributed by atoms with Crippen LogP contribution >= 0.6 is 11.6 Å². The predicted octanol–water partition coefficient (Wildman–Crippen LogP) is 2.64. The number of benzene rings is 1. The van der Waals surface area contributed by atoms with Crippen LogP contribution in [0.3, 0.4) is 0 Å². The van der Waals surface area contributed by atoms with Crippen LogP contribution in [-0.2, 0) is 9.53 Å². The molecule has 0 aliphatic heterocycles. The lowest BCUT2D eigenvalue weighted by Gasteiger charge is -2.19. The molecule has 3 aromatic heterocycles. The van der Waals surface area contributed by atoms with E-state index >= 15 is 0 Å². The first-order valence-electron chi connectivity index (χ1n) is 10.5. The van der Waals surface area contributed by atoms with Crippen molar-refractivity contribution in [3.8, 4) is 23.3 Å². The van der Waals surface area contributed by atoms with Crippen LogP contribution in [0.15, 0.2) is 42.7 Å². The van der Waals surface area contributed by atoms with E-state index in [0.717, 1.165) is 5.56 Å². The number of nitriles is 1. The number of nitrogens with zero attached hydrogens (tertiary/aromatic N) is 5. The number of hydrogen-bond acceptors (Lipinski definition) is 9. The SMILES string of the molecule is Cc1c(Cl)cccc1-c1nc(O[C@@H](COCCO)C(=O)Nc2ccc(C#N)cn2)c2cn[nH]c2n1. The summed E-state index contributed by atoms with van der Waals surface area (Å²) in [5.41, 5.74) is 2.24. The largest absolute Gasteiger partial charge is 0.461 e. The maximum atomic E-state index is 13.0. The zero-order valence-corrected chi connectivity index (χ0v) is 19.3. The average molecular weight is 494 g/mol. The number of ether oxygens (including phenoxy) is 2. The molecule has 0 unspecified atom stereocenters. The zero-order valence-electron chi connectivity index (χ0n) is 18.5. The smallest absolute Gasteiger partial charge is 0.269 e. The summed E-state index contributed by atoms with van der Waals surface area (Å²) in [6.45, 7) is 1.48. The third-order valence-corrected chi connectivity index (χ3v) is 5.39. The minimum absolute atomic E-state index is 0.0140. The number of rotatable bonds is 9. The van der Waals surface area contributed by atoms with Crippen LogP contribution in [0.4, 0.5) is 5.82 Å². The molecule has 4 aromatic rings. The molecule has 0 bridgehead atoms. The molecule has 1 amide bonds. The van der Waals surface area contributed by atoms with Gasteiger partial charge >= 0.3 is 0 Å². The summed E-state index contributed by atoms with van der Waals surface area (Å²) >= 11 is 6.27. The predicted molar refractivity (Wildman–Crippen MR) is 127 cm³/mol. The van der Waals surface area contributed by atoms with Crippen molar-refractivity contribution in [3.63, 3.8) is 0 Å². The van der Waals surface area contributed by atoms with Crippen LogP contribution < -0.4 is 10.1 Å². The number of amides is 1. The number of H-pyrrole nitrogens is 1. The minimum Gasteiger partial charge on any atom is -0.461 e. The summed E-state index contributed by atoms with van der Waals surface area (Å²) in [5.74, 6) is 0.117. The maximum Gasteiger partial charge on any atom is 0.269 e. The third-order valence-electron chi connectivity index (χ3n) is 4.98. The quantitative estimate of drug-likeness (QED) is 0.298. The molecule has 0 spiro atoms. The second-order valence-electron chi connectivity index (χ2n) is 7.34. The van der Waals surface area contributed by atoms with Crippen molar-refractivity contribution in [1.29, 1.82) is 5.26 Å². The third kappa shape index (κ3) is 5.52. The number of aliphatic hydroxyl groups is 1. The first-order valence-corrected chi connectivity index (χ1v) is 10.9. The number of aliphatic hydroxyl groups excluding tert-OH is 1. The standard InChI is InChI=1S/C23H20ClN7O4/c1-13-15(3-2-4-17(13)24)20-29-21-16(11-27-31-21)23(30-20)35-18(12-34-8-7-32)22(33)28-19-6-5-14(9-25)10-26-19/h2-6,10-11,18,32H,7-8,12H2,1H3,(H,26,28,33)(H,27,29,30,31)/t18-/m0/s1. The van der Waals surface area contributed by atoms with Gasteiger partial charge in [-0.3, -0.25) is 9.89 Å². The Morgan fingerprint density at radius 2 is 2.14 bits per heavy atom. The van der Waals surface area contributed by atoms with Gasteiger partial charge in [-0.2, -0.15) is 15.3 Å². The van der Waals surface area contributed by atoms with Gasteiger partial charge in [0.05, 0.1) is 31.6 Å². The summed E-state index contributed by atoms with van der Waals surface area (Å²) < 4.78 is 11.4. The molecule has 1 aromatic carbocycles. The highest BCUT2D eigenvalue weighted by Crippen LogP contribution is 2.30. The van der Waals surface area contributed by atoms with E-state index in [1.165, 1.54) is 24.5 Å². The van der Waals surface area contributed by atoms with E-state index in [2.05, 4.69) is 30.5 Å². The van der Waals surface area contributed by atoms with Crippen LogP contribution in [0.1, 0.15) is 11.1 Å². The van der Waals surface area contributed by atoms with Crippen molar-refractivity contribution < 1.29 is 19.4 Å². The second kappa shape index (κ2) is 10.9. The molecular weight excluding hydrogens is 474 g/mol. The molecule has 0 saturated carbocycles. The highest BCUT2D eigenvalue weighted by molar-refractivity contribution is 6.31. The van der Waals surface area contributed by atoms with E-state index in [1.807, 2.05) is 19.1 Å². The topological polar surface area (TPSA) is 159 Å². The van der Waals surface area contributed by atoms with Crippen LogP contribution in [0.2, 0.25) is 5.02 Å². The van der Waals surface area contributed by atoms with E-state index in [4.69, 9.17) is 31.4 Å². The van der Waals surface area contributed by atoms with Crippen LogP contribution in [-0.4, -0.2) is 62.1 Å². The Hall–Kier alpha value is -4.11. The van der Waals surface area contributed by atoms with Crippen molar-refractivity contribution in [2.75, 3.05) is 25.1 Å². The molecule has 178 valence electrons. The van der Waals surface area contributed by atoms with Gasteiger partial charge in [-0.25, -0.2) is 9.97 Å². The van der Waals surface area contributed by atoms with Gasteiger partial charge in [0.15, 0.2) is 11.5 Å². The normalized spacial score (nSPS) is 11.7. The number of fused-ring (bicyclic) bond motifs is 1. The van der Waals surface area contributed by atoms with Crippen molar-refractivity contribution in [3.05, 3.63) is 58.9 Å². The first kappa shape index (κ1) is 24.0. The minimum atomic E-state index is -1.15. The molecule has 12 heteroatoms. The van der Waals surface area contributed by atoms with Crippen molar-refractivity contribution in [2.45, 2.75) is 13.0 Å². The Bertz CT molecular complexity index is 1390. The maximum absolute atomic E-state index is 13.0. The Morgan fingerprint density at radius 1 is 1.29 bits per heavy atom. The number of anilines is 1. The van der Waals surface area contributed by atoms with Gasteiger partial charge in [-0.15, -0.1) is 0 Å². The molecule has 3 heterocycles. The summed E-state index contributed by atoms with van der Waals surface area (Å²) in [7, 11) is 0. The molecule has 4 rings (SSSR count). The van der Waals surface area contributed by atoms with E-state index < -0.39 is 12.0 Å². The molecule has 35 heavy (non-hydrogen) atoms. The summed E-state index contributed by atoms with van der Waals surface area (Å²) in [5, 5.41) is 28.5. The Kier molecular flexibility index (Phi) is 7.47. The van der Waals surface area contributed by atoms with Crippen molar-refractivity contribution in [1.82, 2.24) is 25.1 Å². The van der Waals surface area contributed by atoms with Gasteiger partial charge in [0.1, 0.15) is 17.3 Å². The number of halogens is 1. The molecule has 0 saturated heterocycles. The lowest BCUT2D eigenvalue weighted by molar-refractivity contribution is -0.125. The number of carbonyl (C=O) groups is 1. The average Bonchev–Trinajstić information content (AvgIpc) is 3.34. The molecule has 0 aliphatic rings. The summed E-state index contributed by atoms with van der Waals surface area (Å²) in [6, 6.07) is 10.4. The van der Waals surface area contributed by atoms with Gasteiger partial charge < -0.3 is 19.9 Å². The van der Waals surface area contributed by atoms with Gasteiger partial charge in [0.2, 0.25) is 12.0 Å². The van der Waals surface area contributed by atoms with E-state index in [9.17, 15) is 4.79 Å². The fourth-order valence-electron chi connectivity index (χ4n) is 3.16. The van der Waals surface area contributed by atoms with Gasteiger partial charge in [-0.1, -0.05) is 23.7 Å². The first-order chi connectivity index (χ1) is 17.0. The second-order valence-corrected chi connectivity index (χ2v) is 7.74. The molecule has 0 radical (unpaired) electrons. The highest BCUT2D eigenvalue weighted by Gasteiger charge is 2.25. The monoisotopic (exact) mass is 493 g/mol. The van der Waals surface area contributed by atoms with E-state index in [-0.39, 0.29) is 31.5 Å². The number of carbonyl (C=O) groups excluding carboxylic acids is 1. The molecule has 11 nitrogen and oxygen atoms in total. The number of hydrogen-bond donors (Lipinski definition) is 3. The Labute approximate surface area is 204 Å². The fourth-order valence-corrected chi connectivity index (χ4v) is 3.34. The lowest BCUT2D eigenvalue weighted by atomic mass is 10.1. The van der Waals surface area contributed by atoms with Crippen molar-refractivity contribution >= 4 is 34.4 Å². The highest BCUT2D eigenvalue weighted by atomic mass is 35.5. The number of nitrogens with one attached hydrogen (secondary N) is 2. The Morgan fingerprint density at radius 3 is 2.89 bits per heavy atom. The van der Waals surface area contributed by atoms with Gasteiger partial charge in [0, 0.05) is 16.8 Å². The molecule has 0 fully saturated rings. The van der Waals surface area contributed by atoms with Crippen LogP contribution in [0.5, 0.6) is 5.88 Å². The van der Waals surface area contributed by atoms with Crippen LogP contribution in [0, 0.1) is 18.3 Å². The molecule has 3 N–H and O–H groups in total. The number of aromatic amines is 1. The summed E-state index contributed by atoms with van der Waals surface area (Å²) in [6.07, 6.45) is 1.68. The van der Waals surface area contributed by atoms with Gasteiger partial charge in [-0.05, 0) is 30.7 Å². The van der Waals surface area contributed by atoms with Gasteiger partial charge in [0.25, 0.3) is 5.91 Å². The number of aromatic nitrogens is 5. The fraction of sp³-hybridized carbons (Fsp3) is 0.217. The Balaban J connectivity index is 1.66. The van der Waals surface area contributed by atoms with Crippen LogP contribution in [0.25, 0.3) is 22.4 Å². The lowest BCUT2D eigenvalue weighted by Crippen LogP contribution is -2.37. The van der Waals surface area contributed by atoms with E-state index in [0.29, 0.717) is 33.0 Å². The molecule has 1 atom stereocenters.